The zero-order chi connectivity index (χ0) is 17.1. The van der Waals surface area contributed by atoms with E-state index in [0.29, 0.717) is 5.56 Å². The molecule has 0 aliphatic rings. The van der Waals surface area contributed by atoms with Crippen LogP contribution in [0.3, 0.4) is 0 Å². The normalized spacial score (nSPS) is 10.5. The Kier molecular flexibility index (Phi) is 4.48. The Hall–Kier alpha value is -2.87. The standard InChI is InChI=1S/C22H21NO/c1-15-9-11-20(16(2)13-15)18-10-12-21(17(3)14-18)22(24)23-19-7-5-4-6-8-19/h4-14H,1-3H3,(H,23,24). The molecule has 0 saturated heterocycles. The van der Waals surface area contributed by atoms with Crippen LogP contribution in [0.1, 0.15) is 27.0 Å². The summed E-state index contributed by atoms with van der Waals surface area (Å²) in [5.41, 5.74) is 7.33. The number of amides is 1. The predicted molar refractivity (Wildman–Crippen MR) is 100 cm³/mol. The molecule has 3 aromatic carbocycles. The van der Waals surface area contributed by atoms with Crippen LogP contribution in [0, 0.1) is 20.8 Å². The van der Waals surface area contributed by atoms with Crippen molar-refractivity contribution >= 4 is 11.6 Å². The Bertz CT molecular complexity index is 882. The molecule has 0 atom stereocenters. The van der Waals surface area contributed by atoms with Crippen molar-refractivity contribution in [2.45, 2.75) is 20.8 Å². The minimum absolute atomic E-state index is 0.0779. The van der Waals surface area contributed by atoms with E-state index in [1.807, 2.05) is 49.4 Å². The summed E-state index contributed by atoms with van der Waals surface area (Å²) in [6.45, 7) is 6.19. The van der Waals surface area contributed by atoms with Crippen LogP contribution in [-0.4, -0.2) is 5.91 Å². The molecule has 24 heavy (non-hydrogen) atoms. The maximum Gasteiger partial charge on any atom is 0.255 e. The maximum absolute atomic E-state index is 12.5. The van der Waals surface area contributed by atoms with Gasteiger partial charge < -0.3 is 5.32 Å². The molecule has 0 spiro atoms. The van der Waals surface area contributed by atoms with E-state index in [4.69, 9.17) is 0 Å². The zero-order valence-corrected chi connectivity index (χ0v) is 14.3. The second-order valence-corrected chi connectivity index (χ2v) is 6.17. The van der Waals surface area contributed by atoms with Gasteiger partial charge in [0.25, 0.3) is 5.91 Å². The Morgan fingerprint density at radius 1 is 0.792 bits per heavy atom. The lowest BCUT2D eigenvalue weighted by Gasteiger charge is -2.12. The highest BCUT2D eigenvalue weighted by Crippen LogP contribution is 2.26. The van der Waals surface area contributed by atoms with Crippen molar-refractivity contribution in [2.75, 3.05) is 5.32 Å². The molecular weight excluding hydrogens is 294 g/mol. The van der Waals surface area contributed by atoms with Crippen LogP contribution in [0.25, 0.3) is 11.1 Å². The van der Waals surface area contributed by atoms with Gasteiger partial charge in [0.1, 0.15) is 0 Å². The van der Waals surface area contributed by atoms with Crippen molar-refractivity contribution in [1.82, 2.24) is 0 Å². The highest BCUT2D eigenvalue weighted by Gasteiger charge is 2.11. The lowest BCUT2D eigenvalue weighted by Crippen LogP contribution is -2.13. The molecule has 0 aliphatic carbocycles. The van der Waals surface area contributed by atoms with Crippen molar-refractivity contribution < 1.29 is 4.79 Å². The molecule has 1 N–H and O–H groups in total. The molecule has 0 radical (unpaired) electrons. The molecule has 0 heterocycles. The monoisotopic (exact) mass is 315 g/mol. The molecule has 120 valence electrons. The number of hydrogen-bond donors (Lipinski definition) is 1. The largest absolute Gasteiger partial charge is 0.322 e. The van der Waals surface area contributed by atoms with E-state index in [1.54, 1.807) is 0 Å². The van der Waals surface area contributed by atoms with Crippen LogP contribution in [0.4, 0.5) is 5.69 Å². The van der Waals surface area contributed by atoms with Crippen LogP contribution < -0.4 is 5.32 Å². The van der Waals surface area contributed by atoms with Gasteiger partial charge in [-0.25, -0.2) is 0 Å². The lowest BCUT2D eigenvalue weighted by molar-refractivity contribution is 0.102. The summed E-state index contributed by atoms with van der Waals surface area (Å²) < 4.78 is 0. The second kappa shape index (κ2) is 6.71. The van der Waals surface area contributed by atoms with Gasteiger partial charge in [0.2, 0.25) is 0 Å². The first kappa shape index (κ1) is 16.0. The summed E-state index contributed by atoms with van der Waals surface area (Å²) >= 11 is 0. The van der Waals surface area contributed by atoms with Crippen molar-refractivity contribution in [2.24, 2.45) is 0 Å². The summed E-state index contributed by atoms with van der Waals surface area (Å²) in [6.07, 6.45) is 0. The molecule has 0 fully saturated rings. The van der Waals surface area contributed by atoms with Gasteiger partial charge in [0.05, 0.1) is 0 Å². The number of para-hydroxylation sites is 1. The first-order valence-corrected chi connectivity index (χ1v) is 8.09. The number of hydrogen-bond acceptors (Lipinski definition) is 1. The van der Waals surface area contributed by atoms with Crippen LogP contribution in [0.2, 0.25) is 0 Å². The van der Waals surface area contributed by atoms with Gasteiger partial charge in [-0.3, -0.25) is 4.79 Å². The van der Waals surface area contributed by atoms with E-state index in [1.165, 1.54) is 16.7 Å². The number of nitrogens with one attached hydrogen (secondary N) is 1. The smallest absolute Gasteiger partial charge is 0.255 e. The third-order valence-electron chi connectivity index (χ3n) is 4.20. The highest BCUT2D eigenvalue weighted by atomic mass is 16.1. The first-order chi connectivity index (χ1) is 11.5. The average Bonchev–Trinajstić information content (AvgIpc) is 2.55. The summed E-state index contributed by atoms with van der Waals surface area (Å²) in [4.78, 5) is 12.5. The number of benzene rings is 3. The van der Waals surface area contributed by atoms with Crippen molar-refractivity contribution in [1.29, 1.82) is 0 Å². The fourth-order valence-electron chi connectivity index (χ4n) is 2.94. The first-order valence-electron chi connectivity index (χ1n) is 8.09. The summed E-state index contributed by atoms with van der Waals surface area (Å²) in [7, 11) is 0. The predicted octanol–water partition coefficient (Wildman–Crippen LogP) is 5.53. The fourth-order valence-corrected chi connectivity index (χ4v) is 2.94. The van der Waals surface area contributed by atoms with E-state index in [0.717, 1.165) is 16.8 Å². The van der Waals surface area contributed by atoms with Crippen molar-refractivity contribution in [3.8, 4) is 11.1 Å². The Morgan fingerprint density at radius 2 is 1.54 bits per heavy atom. The number of carbonyl (C=O) groups excluding carboxylic acids is 1. The second-order valence-electron chi connectivity index (χ2n) is 6.17. The topological polar surface area (TPSA) is 29.1 Å². The molecule has 3 aromatic rings. The molecule has 1 amide bonds. The van der Waals surface area contributed by atoms with Gasteiger partial charge in [0.15, 0.2) is 0 Å². The van der Waals surface area contributed by atoms with Crippen LogP contribution >= 0.6 is 0 Å². The van der Waals surface area contributed by atoms with E-state index in [2.05, 4.69) is 43.4 Å². The Morgan fingerprint density at radius 3 is 2.21 bits per heavy atom. The molecule has 2 nitrogen and oxygen atoms in total. The van der Waals surface area contributed by atoms with Crippen LogP contribution in [-0.2, 0) is 0 Å². The van der Waals surface area contributed by atoms with E-state index < -0.39 is 0 Å². The van der Waals surface area contributed by atoms with E-state index in [9.17, 15) is 4.79 Å². The third kappa shape index (κ3) is 3.38. The average molecular weight is 315 g/mol. The van der Waals surface area contributed by atoms with Crippen molar-refractivity contribution in [3.63, 3.8) is 0 Å². The Labute approximate surface area is 143 Å². The van der Waals surface area contributed by atoms with Gasteiger partial charge in [-0.05, 0) is 61.2 Å². The third-order valence-corrected chi connectivity index (χ3v) is 4.20. The fraction of sp³-hybridized carbons (Fsp3) is 0.136. The Balaban J connectivity index is 1.88. The molecule has 0 aliphatic heterocycles. The lowest BCUT2D eigenvalue weighted by atomic mass is 9.95. The zero-order valence-electron chi connectivity index (χ0n) is 14.3. The van der Waals surface area contributed by atoms with Gasteiger partial charge in [-0.1, -0.05) is 54.1 Å². The number of carbonyl (C=O) groups is 1. The van der Waals surface area contributed by atoms with E-state index in [-0.39, 0.29) is 5.91 Å². The number of aryl methyl sites for hydroxylation is 3. The quantitative estimate of drug-likeness (QED) is 0.676. The van der Waals surface area contributed by atoms with Crippen molar-refractivity contribution in [3.05, 3.63) is 89.0 Å². The summed E-state index contributed by atoms with van der Waals surface area (Å²) in [5.74, 6) is -0.0779. The molecule has 0 aromatic heterocycles. The number of rotatable bonds is 3. The SMILES string of the molecule is Cc1ccc(-c2ccc(C(=O)Nc3ccccc3)c(C)c2)c(C)c1. The number of anilines is 1. The molecule has 3 rings (SSSR count). The molecule has 0 unspecified atom stereocenters. The highest BCUT2D eigenvalue weighted by molar-refractivity contribution is 6.05. The van der Waals surface area contributed by atoms with Gasteiger partial charge in [-0.2, -0.15) is 0 Å². The van der Waals surface area contributed by atoms with Gasteiger partial charge >= 0.3 is 0 Å². The van der Waals surface area contributed by atoms with E-state index >= 15 is 0 Å². The summed E-state index contributed by atoms with van der Waals surface area (Å²) in [6, 6.07) is 22.0. The molecule has 2 heteroatoms. The van der Waals surface area contributed by atoms with Crippen LogP contribution in [0.15, 0.2) is 66.7 Å². The maximum atomic E-state index is 12.5. The van der Waals surface area contributed by atoms with Gasteiger partial charge in [-0.15, -0.1) is 0 Å². The summed E-state index contributed by atoms with van der Waals surface area (Å²) in [5, 5.41) is 2.94. The molecular formula is C22H21NO. The van der Waals surface area contributed by atoms with Gasteiger partial charge in [0, 0.05) is 11.3 Å². The van der Waals surface area contributed by atoms with Crippen LogP contribution in [0.5, 0.6) is 0 Å². The minimum Gasteiger partial charge on any atom is -0.322 e. The molecule has 0 bridgehead atoms. The molecule has 0 saturated carbocycles. The minimum atomic E-state index is -0.0779.